The highest BCUT2D eigenvalue weighted by molar-refractivity contribution is 8.01. The molecular formula is C22H27N3O4S3. The first-order chi connectivity index (χ1) is 15.2. The van der Waals surface area contributed by atoms with Crippen molar-refractivity contribution in [1.82, 2.24) is 15.2 Å². The van der Waals surface area contributed by atoms with Gasteiger partial charge in [-0.15, -0.1) is 11.3 Å². The van der Waals surface area contributed by atoms with E-state index in [4.69, 9.17) is 5.21 Å². The van der Waals surface area contributed by atoms with Gasteiger partial charge in [0.2, 0.25) is 10.0 Å². The van der Waals surface area contributed by atoms with E-state index < -0.39 is 22.0 Å². The zero-order valence-corrected chi connectivity index (χ0v) is 20.6. The minimum Gasteiger partial charge on any atom is -0.289 e. The van der Waals surface area contributed by atoms with Crippen LogP contribution in [0.15, 0.2) is 56.6 Å². The molecule has 0 fully saturated rings. The number of aromatic nitrogens is 1. The molecular weight excluding hydrogens is 466 g/mol. The molecule has 0 aliphatic carbocycles. The van der Waals surface area contributed by atoms with Crippen LogP contribution >= 0.6 is 23.1 Å². The Morgan fingerprint density at radius 3 is 2.53 bits per heavy atom. The second kappa shape index (κ2) is 10.8. The average molecular weight is 494 g/mol. The van der Waals surface area contributed by atoms with Gasteiger partial charge >= 0.3 is 0 Å². The van der Waals surface area contributed by atoms with E-state index in [9.17, 15) is 13.2 Å². The average Bonchev–Trinajstić information content (AvgIpc) is 3.17. The maximum atomic E-state index is 12.8. The molecule has 0 aliphatic rings. The quantitative estimate of drug-likeness (QED) is 0.281. The van der Waals surface area contributed by atoms with Crippen molar-refractivity contribution < 1.29 is 18.4 Å². The third-order valence-corrected chi connectivity index (χ3v) is 8.46. The Hall–Kier alpha value is -1.98. The first-order valence-electron chi connectivity index (χ1n) is 10.4. The third kappa shape index (κ3) is 6.08. The molecule has 0 spiro atoms. The van der Waals surface area contributed by atoms with Crippen LogP contribution in [-0.2, 0) is 21.2 Å². The predicted octanol–water partition coefficient (Wildman–Crippen LogP) is 4.60. The number of sulfonamides is 1. The number of aryl methyl sites for hydroxylation is 1. The van der Waals surface area contributed by atoms with Gasteiger partial charge in [-0.25, -0.2) is 18.9 Å². The lowest BCUT2D eigenvalue weighted by Gasteiger charge is -2.20. The molecule has 0 aliphatic heterocycles. The molecule has 2 aromatic carbocycles. The molecule has 0 radical (unpaired) electrons. The maximum Gasteiger partial charge on any atom is 0.261 e. The summed E-state index contributed by atoms with van der Waals surface area (Å²) in [6.07, 6.45) is 3.42. The highest BCUT2D eigenvalue weighted by Gasteiger charge is 2.28. The summed E-state index contributed by atoms with van der Waals surface area (Å²) in [6, 6.07) is 12.0. The zero-order chi connectivity index (χ0) is 23.3. The van der Waals surface area contributed by atoms with Crippen LogP contribution in [0.5, 0.6) is 0 Å². The minimum atomic E-state index is -3.96. The van der Waals surface area contributed by atoms with E-state index in [1.54, 1.807) is 37.7 Å². The zero-order valence-electron chi connectivity index (χ0n) is 18.2. The molecule has 0 unspecified atom stereocenters. The molecule has 172 valence electrons. The molecule has 3 N–H and O–H groups in total. The lowest BCUT2D eigenvalue weighted by atomic mass is 10.1. The Kier molecular flexibility index (Phi) is 8.29. The van der Waals surface area contributed by atoms with E-state index in [0.717, 1.165) is 20.4 Å². The molecule has 1 atom stereocenters. The summed E-state index contributed by atoms with van der Waals surface area (Å²) >= 11 is 2.96. The summed E-state index contributed by atoms with van der Waals surface area (Å²) < 4.78 is 29.6. The smallest absolute Gasteiger partial charge is 0.261 e. The first kappa shape index (κ1) is 24.7. The molecule has 3 aromatic rings. The molecule has 1 amide bonds. The number of hydrogen-bond donors (Lipinski definition) is 3. The number of nitrogens with one attached hydrogen (secondary N) is 2. The number of fused-ring (bicyclic) bond motifs is 1. The number of unbranched alkanes of at least 4 members (excludes halogenated alkanes) is 1. The van der Waals surface area contributed by atoms with Crippen LogP contribution in [0.1, 0.15) is 39.2 Å². The Morgan fingerprint density at radius 1 is 1.19 bits per heavy atom. The van der Waals surface area contributed by atoms with Crippen molar-refractivity contribution in [3.05, 3.63) is 48.0 Å². The van der Waals surface area contributed by atoms with Crippen LogP contribution in [0.2, 0.25) is 0 Å². The van der Waals surface area contributed by atoms with Gasteiger partial charge in [-0.05, 0) is 54.7 Å². The van der Waals surface area contributed by atoms with Gasteiger partial charge in [0.1, 0.15) is 6.04 Å². The second-order valence-electron chi connectivity index (χ2n) is 7.78. The number of thiazole rings is 1. The number of rotatable bonds is 10. The molecule has 0 saturated carbocycles. The molecule has 3 rings (SSSR count). The fourth-order valence-electron chi connectivity index (χ4n) is 3.10. The minimum absolute atomic E-state index is 0.0434. The van der Waals surface area contributed by atoms with Crippen LogP contribution < -0.4 is 10.2 Å². The van der Waals surface area contributed by atoms with Gasteiger partial charge in [0, 0.05) is 4.90 Å². The number of amides is 1. The Bertz CT molecular complexity index is 1170. The van der Waals surface area contributed by atoms with Gasteiger partial charge < -0.3 is 0 Å². The molecule has 7 nitrogen and oxygen atoms in total. The van der Waals surface area contributed by atoms with E-state index in [1.165, 1.54) is 41.3 Å². The van der Waals surface area contributed by atoms with Crippen molar-refractivity contribution in [2.24, 2.45) is 5.92 Å². The van der Waals surface area contributed by atoms with Gasteiger partial charge in [-0.3, -0.25) is 10.0 Å². The number of carbonyl (C=O) groups is 1. The van der Waals surface area contributed by atoms with Gasteiger partial charge in [-0.1, -0.05) is 51.1 Å². The number of benzene rings is 2. The SMILES string of the molecule is CCCCc1ccc(Sc2nc3ccc(S(=O)(=O)N[C@@H](C(=O)NO)C(C)C)cc3s2)cc1. The first-order valence-corrected chi connectivity index (χ1v) is 13.5. The molecule has 0 bridgehead atoms. The number of nitrogens with zero attached hydrogens (tertiary/aromatic N) is 1. The highest BCUT2D eigenvalue weighted by atomic mass is 32.2. The summed E-state index contributed by atoms with van der Waals surface area (Å²) in [4.78, 5) is 17.5. The lowest BCUT2D eigenvalue weighted by Crippen LogP contribution is -2.48. The summed E-state index contributed by atoms with van der Waals surface area (Å²) in [5.74, 6) is -1.15. The van der Waals surface area contributed by atoms with E-state index in [2.05, 4.69) is 40.9 Å². The monoisotopic (exact) mass is 493 g/mol. The normalized spacial score (nSPS) is 12.9. The van der Waals surface area contributed by atoms with Crippen molar-refractivity contribution >= 4 is 49.2 Å². The van der Waals surface area contributed by atoms with Crippen molar-refractivity contribution in [1.29, 1.82) is 0 Å². The Labute approximate surface area is 196 Å². The molecule has 32 heavy (non-hydrogen) atoms. The molecule has 0 saturated heterocycles. The third-order valence-electron chi connectivity index (χ3n) is 4.94. The lowest BCUT2D eigenvalue weighted by molar-refractivity contribution is -0.131. The van der Waals surface area contributed by atoms with Crippen molar-refractivity contribution in [3.8, 4) is 0 Å². The Balaban J connectivity index is 1.78. The van der Waals surface area contributed by atoms with Crippen molar-refractivity contribution in [2.75, 3.05) is 0 Å². The van der Waals surface area contributed by atoms with Crippen LogP contribution in [0, 0.1) is 5.92 Å². The van der Waals surface area contributed by atoms with Gasteiger partial charge in [0.05, 0.1) is 15.1 Å². The number of hydroxylamine groups is 1. The summed E-state index contributed by atoms with van der Waals surface area (Å²) in [6.45, 7) is 5.56. The van der Waals surface area contributed by atoms with E-state index in [-0.39, 0.29) is 10.8 Å². The second-order valence-corrected chi connectivity index (χ2v) is 11.8. The molecule has 10 heteroatoms. The topological polar surface area (TPSA) is 108 Å². The van der Waals surface area contributed by atoms with Gasteiger partial charge in [-0.2, -0.15) is 4.72 Å². The molecule has 1 aromatic heterocycles. The van der Waals surface area contributed by atoms with Crippen LogP contribution in [-0.4, -0.2) is 30.6 Å². The van der Waals surface area contributed by atoms with Crippen LogP contribution in [0.3, 0.4) is 0 Å². The number of hydrogen-bond acceptors (Lipinski definition) is 7. The summed E-state index contributed by atoms with van der Waals surface area (Å²) in [5, 5.41) is 8.90. The summed E-state index contributed by atoms with van der Waals surface area (Å²) in [5.41, 5.74) is 3.54. The van der Waals surface area contributed by atoms with Gasteiger partial charge in [0.15, 0.2) is 4.34 Å². The van der Waals surface area contributed by atoms with Gasteiger partial charge in [0.25, 0.3) is 5.91 Å². The van der Waals surface area contributed by atoms with Crippen molar-refractivity contribution in [3.63, 3.8) is 0 Å². The number of carbonyl (C=O) groups excluding carboxylic acids is 1. The van der Waals surface area contributed by atoms with E-state index >= 15 is 0 Å². The Morgan fingerprint density at radius 2 is 1.91 bits per heavy atom. The maximum absolute atomic E-state index is 12.8. The predicted molar refractivity (Wildman–Crippen MR) is 128 cm³/mol. The van der Waals surface area contributed by atoms with E-state index in [0.29, 0.717) is 5.52 Å². The van der Waals surface area contributed by atoms with Crippen molar-refractivity contribution in [2.45, 2.75) is 60.2 Å². The summed E-state index contributed by atoms with van der Waals surface area (Å²) in [7, 11) is -3.96. The highest BCUT2D eigenvalue weighted by Crippen LogP contribution is 2.35. The van der Waals surface area contributed by atoms with Crippen LogP contribution in [0.25, 0.3) is 10.2 Å². The standard InChI is InChI=1S/C22H27N3O4S3/c1-4-5-6-15-7-9-16(10-8-15)30-22-23-18-12-11-17(13-19(18)31-22)32(28,29)25-20(14(2)3)21(26)24-27/h7-14,20,25,27H,4-6H2,1-3H3,(H,24,26)/t20-/m1/s1. The van der Waals surface area contributed by atoms with E-state index in [1.807, 2.05) is 0 Å². The fraction of sp³-hybridized carbons (Fsp3) is 0.364. The largest absolute Gasteiger partial charge is 0.289 e. The fourth-order valence-corrected chi connectivity index (χ4v) is 6.62. The van der Waals surface area contributed by atoms with Crippen LogP contribution in [0.4, 0.5) is 0 Å². The molecule has 1 heterocycles.